The Morgan fingerprint density at radius 2 is 1.31 bits per heavy atom. The maximum Gasteiger partial charge on any atom is 0.216 e. The van der Waals surface area contributed by atoms with Crippen LogP contribution in [0.25, 0.3) is 11.0 Å². The van der Waals surface area contributed by atoms with Gasteiger partial charge in [-0.3, -0.25) is 9.59 Å². The first-order chi connectivity index (χ1) is 17.1. The topological polar surface area (TPSA) is 73.3 Å². The molecule has 0 saturated heterocycles. The highest BCUT2D eigenvalue weighted by Crippen LogP contribution is 2.18. The summed E-state index contributed by atoms with van der Waals surface area (Å²) in [6.45, 7) is 0. The van der Waals surface area contributed by atoms with Crippen molar-refractivity contribution in [2.45, 2.75) is 96.3 Å². The number of nitrogen functional groups attached to an aromatic ring is 1. The molecule has 0 aliphatic heterocycles. The van der Waals surface area contributed by atoms with E-state index >= 15 is 0 Å². The van der Waals surface area contributed by atoms with Crippen molar-refractivity contribution >= 4 is 22.4 Å². The van der Waals surface area contributed by atoms with Crippen molar-refractivity contribution in [2.24, 2.45) is 0 Å². The fourth-order valence-corrected chi connectivity index (χ4v) is 4.62. The highest BCUT2D eigenvalue weighted by molar-refractivity contribution is 5.99. The molecule has 2 N–H and O–H groups in total. The summed E-state index contributed by atoms with van der Waals surface area (Å²) in [6.07, 6.45) is 20.6. The predicted molar refractivity (Wildman–Crippen MR) is 145 cm³/mol. The smallest absolute Gasteiger partial charge is 0.216 e. The van der Waals surface area contributed by atoms with Crippen molar-refractivity contribution in [3.05, 3.63) is 76.1 Å². The van der Waals surface area contributed by atoms with E-state index in [0.29, 0.717) is 23.0 Å². The van der Waals surface area contributed by atoms with E-state index in [1.165, 1.54) is 82.6 Å². The number of rotatable bonds is 17. The quantitative estimate of drug-likeness (QED) is 0.159. The zero-order valence-electron chi connectivity index (χ0n) is 21.0. The van der Waals surface area contributed by atoms with Crippen molar-refractivity contribution in [1.29, 1.82) is 0 Å². The van der Waals surface area contributed by atoms with E-state index in [2.05, 4.69) is 36.6 Å². The number of aryl methyl sites for hydroxylation is 1. The molecule has 0 atom stereocenters. The number of hydrogen-bond acceptors (Lipinski definition) is 4. The van der Waals surface area contributed by atoms with Crippen molar-refractivity contribution in [2.75, 3.05) is 5.73 Å². The Hall–Kier alpha value is -2.88. The maximum absolute atomic E-state index is 12.5. The molecule has 4 nitrogen and oxygen atoms in total. The highest BCUT2D eigenvalue weighted by Gasteiger charge is 2.10. The van der Waals surface area contributed by atoms with Crippen LogP contribution in [0.5, 0.6) is 0 Å². The third-order valence-corrected chi connectivity index (χ3v) is 6.77. The van der Waals surface area contributed by atoms with Crippen LogP contribution in [0.2, 0.25) is 0 Å². The van der Waals surface area contributed by atoms with Crippen LogP contribution in [-0.2, 0) is 6.42 Å². The molecule has 0 amide bonds. The fourth-order valence-electron chi connectivity index (χ4n) is 4.62. The summed E-state index contributed by atoms with van der Waals surface area (Å²) in [6, 6.07) is 15.7. The van der Waals surface area contributed by atoms with E-state index in [4.69, 9.17) is 10.2 Å². The SMILES string of the molecule is Nc1[c]oc2ccc(C(=O)CCCCCCCCCCCCCCCc3ccccc3)cc2c1=O. The van der Waals surface area contributed by atoms with Crippen molar-refractivity contribution < 1.29 is 9.21 Å². The number of Topliss-reactive ketones (excluding diaryl/α,β-unsaturated/α-hetero) is 1. The second-order valence-electron chi connectivity index (χ2n) is 9.66. The summed E-state index contributed by atoms with van der Waals surface area (Å²) in [5.41, 5.74) is 7.60. The fraction of sp³-hybridized carbons (Fsp3) is 0.484. The number of unbranched alkanes of at least 4 members (excludes halogenated alkanes) is 12. The van der Waals surface area contributed by atoms with Crippen molar-refractivity contribution in [3.8, 4) is 0 Å². The Morgan fingerprint density at radius 1 is 0.743 bits per heavy atom. The minimum atomic E-state index is -0.334. The lowest BCUT2D eigenvalue weighted by Gasteiger charge is -2.05. The molecule has 0 saturated carbocycles. The van der Waals surface area contributed by atoms with Crippen molar-refractivity contribution in [3.63, 3.8) is 0 Å². The Kier molecular flexibility index (Phi) is 11.6. The number of anilines is 1. The molecule has 0 bridgehead atoms. The van der Waals surface area contributed by atoms with Crippen LogP contribution in [0.3, 0.4) is 0 Å². The minimum Gasteiger partial charge on any atom is -0.450 e. The summed E-state index contributed by atoms with van der Waals surface area (Å²) >= 11 is 0. The molecule has 187 valence electrons. The zero-order chi connectivity index (χ0) is 24.7. The average molecular weight is 475 g/mol. The molecule has 0 unspecified atom stereocenters. The molecule has 1 radical (unpaired) electrons. The zero-order valence-corrected chi connectivity index (χ0v) is 21.0. The van der Waals surface area contributed by atoms with E-state index in [-0.39, 0.29) is 16.9 Å². The van der Waals surface area contributed by atoms with Gasteiger partial charge in [-0.25, -0.2) is 0 Å². The Labute approximate surface area is 209 Å². The molecular weight excluding hydrogens is 434 g/mol. The van der Waals surface area contributed by atoms with Crippen LogP contribution in [0.4, 0.5) is 5.69 Å². The van der Waals surface area contributed by atoms with Gasteiger partial charge in [0.25, 0.3) is 0 Å². The van der Waals surface area contributed by atoms with Gasteiger partial charge in [-0.05, 0) is 43.0 Å². The van der Waals surface area contributed by atoms with E-state index in [1.807, 2.05) is 0 Å². The molecule has 0 fully saturated rings. The van der Waals surface area contributed by atoms with Gasteiger partial charge in [0.1, 0.15) is 11.3 Å². The van der Waals surface area contributed by atoms with Gasteiger partial charge in [-0.1, -0.05) is 101 Å². The van der Waals surface area contributed by atoms with Crippen LogP contribution >= 0.6 is 0 Å². The molecule has 1 heterocycles. The number of hydrogen-bond donors (Lipinski definition) is 1. The van der Waals surface area contributed by atoms with Crippen LogP contribution in [-0.4, -0.2) is 5.78 Å². The number of benzene rings is 2. The molecule has 1 aromatic heterocycles. The third kappa shape index (κ3) is 9.35. The monoisotopic (exact) mass is 474 g/mol. The molecular formula is C31H40NO3. The largest absolute Gasteiger partial charge is 0.450 e. The van der Waals surface area contributed by atoms with Crippen LogP contribution in [0.15, 0.2) is 57.7 Å². The van der Waals surface area contributed by atoms with Gasteiger partial charge in [0.15, 0.2) is 12.0 Å². The second kappa shape index (κ2) is 15.2. The van der Waals surface area contributed by atoms with Gasteiger partial charge in [0.2, 0.25) is 5.43 Å². The van der Waals surface area contributed by atoms with Crippen molar-refractivity contribution in [1.82, 2.24) is 0 Å². The van der Waals surface area contributed by atoms with Crippen LogP contribution in [0, 0.1) is 6.26 Å². The average Bonchev–Trinajstić information content (AvgIpc) is 2.89. The lowest BCUT2D eigenvalue weighted by Crippen LogP contribution is -2.09. The standard InChI is InChI=1S/C31H40NO3/c32-28-24-35-30-22-21-26(23-27(30)31(28)34)29(33)20-16-11-9-7-5-3-1-2-4-6-8-10-13-17-25-18-14-12-15-19-25/h12,14-15,18-19,21-23H,1-11,13,16-17,20,32H2. The van der Waals surface area contributed by atoms with E-state index < -0.39 is 0 Å². The van der Waals surface area contributed by atoms with E-state index in [9.17, 15) is 9.59 Å². The first kappa shape index (κ1) is 26.7. The number of carbonyl (C=O) groups excluding carboxylic acids is 1. The summed E-state index contributed by atoms with van der Waals surface area (Å²) < 4.78 is 5.20. The number of nitrogens with two attached hydrogens (primary N) is 1. The van der Waals surface area contributed by atoms with Gasteiger partial charge in [0, 0.05) is 12.0 Å². The van der Waals surface area contributed by atoms with Crippen LogP contribution in [0.1, 0.15) is 106 Å². The molecule has 2 aromatic carbocycles. The molecule has 3 aromatic rings. The maximum atomic E-state index is 12.5. The Morgan fingerprint density at radius 3 is 1.94 bits per heavy atom. The summed E-state index contributed by atoms with van der Waals surface area (Å²) in [5.74, 6) is 0.0674. The normalized spacial score (nSPS) is 11.2. The molecule has 0 aliphatic carbocycles. The minimum absolute atomic E-state index is 0.0587. The lowest BCUT2D eigenvalue weighted by atomic mass is 10.0. The lowest BCUT2D eigenvalue weighted by molar-refractivity contribution is 0.0979. The Balaban J connectivity index is 1.14. The van der Waals surface area contributed by atoms with Crippen LogP contribution < -0.4 is 11.2 Å². The third-order valence-electron chi connectivity index (χ3n) is 6.77. The molecule has 0 aliphatic rings. The molecule has 0 spiro atoms. The first-order valence-electron chi connectivity index (χ1n) is 13.5. The highest BCUT2D eigenvalue weighted by atomic mass is 16.3. The van der Waals surface area contributed by atoms with Gasteiger partial charge >= 0.3 is 0 Å². The summed E-state index contributed by atoms with van der Waals surface area (Å²) in [4.78, 5) is 24.6. The number of fused-ring (bicyclic) bond motifs is 1. The van der Waals surface area contributed by atoms with E-state index in [1.54, 1.807) is 18.2 Å². The number of ketones is 1. The molecule has 4 heteroatoms. The predicted octanol–water partition coefficient (Wildman–Crippen LogP) is 8.06. The van der Waals surface area contributed by atoms with Gasteiger partial charge in [-0.2, -0.15) is 0 Å². The molecule has 3 rings (SSSR count). The Bertz CT molecular complexity index is 1090. The first-order valence-corrected chi connectivity index (χ1v) is 13.5. The molecule has 35 heavy (non-hydrogen) atoms. The summed E-state index contributed by atoms with van der Waals surface area (Å²) in [7, 11) is 0. The van der Waals surface area contributed by atoms with Gasteiger partial charge in [0.05, 0.1) is 5.39 Å². The van der Waals surface area contributed by atoms with Gasteiger partial charge in [-0.15, -0.1) is 0 Å². The number of carbonyl (C=O) groups is 1. The summed E-state index contributed by atoms with van der Waals surface area (Å²) in [5, 5.41) is 0.343. The van der Waals surface area contributed by atoms with E-state index in [0.717, 1.165) is 12.8 Å². The van der Waals surface area contributed by atoms with Gasteiger partial charge < -0.3 is 10.2 Å². The second-order valence-corrected chi connectivity index (χ2v) is 9.66.